The Kier molecular flexibility index (Phi) is 10.1. The quantitative estimate of drug-likeness (QED) is 0.198. The van der Waals surface area contributed by atoms with Crippen molar-refractivity contribution in [1.29, 1.82) is 0 Å². The van der Waals surface area contributed by atoms with Crippen LogP contribution in [0.3, 0.4) is 0 Å². The third-order valence-corrected chi connectivity index (χ3v) is 5.17. The van der Waals surface area contributed by atoms with Gasteiger partial charge < -0.3 is 38.1 Å². The lowest BCUT2D eigenvalue weighted by Gasteiger charge is -2.28. The molecule has 200 valence electrons. The molecule has 2 rings (SSSR count). The minimum Gasteiger partial charge on any atom is -0.434 e. The summed E-state index contributed by atoms with van der Waals surface area (Å²) in [6.07, 6.45) is -5.82. The first-order valence-electron chi connectivity index (χ1n) is 10.9. The van der Waals surface area contributed by atoms with E-state index in [-0.39, 0.29) is 38.8 Å². The Morgan fingerprint density at radius 1 is 1.00 bits per heavy atom. The third kappa shape index (κ3) is 9.56. The Bertz CT molecular complexity index is 760. The molecule has 0 saturated carbocycles. The van der Waals surface area contributed by atoms with Gasteiger partial charge in [-0.2, -0.15) is 0 Å². The van der Waals surface area contributed by atoms with Crippen molar-refractivity contribution in [3.63, 3.8) is 0 Å². The van der Waals surface area contributed by atoms with Crippen molar-refractivity contribution in [2.24, 2.45) is 5.41 Å². The zero-order chi connectivity index (χ0) is 26.2. The minimum atomic E-state index is -1.18. The summed E-state index contributed by atoms with van der Waals surface area (Å²) in [6, 6.07) is 0. The van der Waals surface area contributed by atoms with Gasteiger partial charge in [-0.15, -0.1) is 20.2 Å². The van der Waals surface area contributed by atoms with Gasteiger partial charge in [-0.1, -0.05) is 13.8 Å². The van der Waals surface area contributed by atoms with Crippen molar-refractivity contribution in [1.82, 2.24) is 0 Å². The lowest BCUT2D eigenvalue weighted by atomic mass is 9.84. The number of rotatable bonds is 13. The fourth-order valence-corrected chi connectivity index (χ4v) is 3.65. The van der Waals surface area contributed by atoms with Crippen LogP contribution in [0.2, 0.25) is 0 Å². The molecule has 0 spiro atoms. The second-order valence-corrected chi connectivity index (χ2v) is 9.01. The molecule has 2 fully saturated rings. The van der Waals surface area contributed by atoms with Gasteiger partial charge in [-0.25, -0.2) is 9.59 Å². The van der Waals surface area contributed by atoms with Crippen LogP contribution in [0.4, 0.5) is 9.59 Å². The number of carbonyl (C=O) groups excluding carboxylic acids is 2. The van der Waals surface area contributed by atoms with Gasteiger partial charge in [0.15, 0.2) is 12.2 Å². The highest BCUT2D eigenvalue weighted by molar-refractivity contribution is 5.61. The Labute approximate surface area is 200 Å². The van der Waals surface area contributed by atoms with E-state index in [9.17, 15) is 29.8 Å². The first kappa shape index (κ1) is 28.1. The van der Waals surface area contributed by atoms with E-state index in [2.05, 4.69) is 9.68 Å². The molecule has 2 aliphatic heterocycles. The summed E-state index contributed by atoms with van der Waals surface area (Å²) in [7, 11) is 0. The summed E-state index contributed by atoms with van der Waals surface area (Å²) in [5, 5.41) is 18.9. The summed E-state index contributed by atoms with van der Waals surface area (Å²) >= 11 is 0. The van der Waals surface area contributed by atoms with Crippen LogP contribution in [0.1, 0.15) is 40.5 Å². The van der Waals surface area contributed by atoms with E-state index in [1.165, 1.54) is 0 Å². The van der Waals surface area contributed by atoms with Crippen molar-refractivity contribution in [2.45, 2.75) is 77.2 Å². The smallest absolute Gasteiger partial charge is 0.434 e. The Hall–Kier alpha value is -3.14. The maximum Gasteiger partial charge on any atom is 0.508 e. The Balaban J connectivity index is 1.75. The van der Waals surface area contributed by atoms with Crippen LogP contribution in [-0.2, 0) is 38.1 Å². The molecule has 0 N–H and O–H groups in total. The molecule has 5 atom stereocenters. The minimum absolute atomic E-state index is 0.0192. The Morgan fingerprint density at radius 2 is 1.57 bits per heavy atom. The fourth-order valence-electron chi connectivity index (χ4n) is 3.65. The van der Waals surface area contributed by atoms with E-state index in [1.54, 1.807) is 27.7 Å². The van der Waals surface area contributed by atoms with Crippen LogP contribution in [0.5, 0.6) is 0 Å². The van der Waals surface area contributed by atoms with Crippen molar-refractivity contribution in [3.05, 3.63) is 20.2 Å². The molecule has 0 aliphatic carbocycles. The highest BCUT2D eigenvalue weighted by Gasteiger charge is 2.51. The van der Waals surface area contributed by atoms with Crippen LogP contribution >= 0.6 is 0 Å². The van der Waals surface area contributed by atoms with Crippen LogP contribution in [0, 0.1) is 25.6 Å². The lowest BCUT2D eigenvalue weighted by Crippen LogP contribution is -2.36. The number of ether oxygens (including phenoxy) is 6. The van der Waals surface area contributed by atoms with Gasteiger partial charge in [0.05, 0.1) is 25.9 Å². The van der Waals surface area contributed by atoms with E-state index >= 15 is 0 Å². The molecule has 0 amide bonds. The summed E-state index contributed by atoms with van der Waals surface area (Å²) in [5.41, 5.74) is -0.661. The molecule has 0 bridgehead atoms. The molecule has 16 heteroatoms. The summed E-state index contributed by atoms with van der Waals surface area (Å²) in [6.45, 7) is 6.16. The zero-order valence-corrected chi connectivity index (χ0v) is 19.8. The van der Waals surface area contributed by atoms with E-state index in [0.29, 0.717) is 0 Å². The molecular formula is C19H30N2O14. The normalized spacial score (nSPS) is 24.3. The average molecular weight is 510 g/mol. The first-order chi connectivity index (χ1) is 16.4. The van der Waals surface area contributed by atoms with Gasteiger partial charge in [-0.3, -0.25) is 0 Å². The maximum absolute atomic E-state index is 12.1. The lowest BCUT2D eigenvalue weighted by molar-refractivity contribution is -0.790. The molecule has 35 heavy (non-hydrogen) atoms. The maximum atomic E-state index is 12.1. The van der Waals surface area contributed by atoms with Crippen LogP contribution < -0.4 is 0 Å². The average Bonchev–Trinajstić information content (AvgIpc) is 3.28. The summed E-state index contributed by atoms with van der Waals surface area (Å²) in [5.74, 6) is 0. The van der Waals surface area contributed by atoms with E-state index in [4.69, 9.17) is 28.4 Å². The SMILES string of the molecule is CC(C)OC(=O)O[C@@H]1CO[C@H]2[C@@H]1OC[C@H]2OC(=O)OCCC(C)(C)CC(CO[N+](=O)[O-])O[N+](=O)[O-]. The molecule has 2 heterocycles. The second kappa shape index (κ2) is 12.5. The number of carbonyl (C=O) groups is 2. The molecular weight excluding hydrogens is 480 g/mol. The number of hydrogen-bond donors (Lipinski definition) is 0. The summed E-state index contributed by atoms with van der Waals surface area (Å²) < 4.78 is 31.6. The van der Waals surface area contributed by atoms with Crippen molar-refractivity contribution in [3.8, 4) is 0 Å². The monoisotopic (exact) mass is 510 g/mol. The Morgan fingerprint density at radius 3 is 2.09 bits per heavy atom. The van der Waals surface area contributed by atoms with Gasteiger partial charge in [-0.05, 0) is 32.1 Å². The predicted octanol–water partition coefficient (Wildman–Crippen LogP) is 1.83. The van der Waals surface area contributed by atoms with Gasteiger partial charge in [0.25, 0.3) is 10.2 Å². The highest BCUT2D eigenvalue weighted by Crippen LogP contribution is 2.31. The van der Waals surface area contributed by atoms with Crippen LogP contribution in [0.25, 0.3) is 0 Å². The zero-order valence-electron chi connectivity index (χ0n) is 19.8. The van der Waals surface area contributed by atoms with Crippen molar-refractivity contribution < 1.29 is 57.9 Å². The van der Waals surface area contributed by atoms with E-state index in [0.717, 1.165) is 0 Å². The summed E-state index contributed by atoms with van der Waals surface area (Å²) in [4.78, 5) is 53.4. The van der Waals surface area contributed by atoms with Gasteiger partial charge in [0.2, 0.25) is 0 Å². The molecule has 16 nitrogen and oxygen atoms in total. The third-order valence-electron chi connectivity index (χ3n) is 5.17. The topological polar surface area (TPSA) is 194 Å². The molecule has 0 radical (unpaired) electrons. The van der Waals surface area contributed by atoms with Crippen molar-refractivity contribution >= 4 is 12.3 Å². The number of nitrogens with zero attached hydrogens (tertiary/aromatic N) is 2. The van der Waals surface area contributed by atoms with Gasteiger partial charge in [0, 0.05) is 0 Å². The number of fused-ring (bicyclic) bond motifs is 1. The standard InChI is InChI=1S/C19H30N2O14/c1-11(2)32-18(23)34-14-10-30-15-13(9-29-16(14)15)33-17(22)28-6-5-19(3,4)7-12(35-21(26)27)8-31-20(24)25/h11-16H,5-10H2,1-4H3/t12?,13-,14-,15-,16-/m1/s1. The predicted molar refractivity (Wildman–Crippen MR) is 110 cm³/mol. The van der Waals surface area contributed by atoms with Crippen LogP contribution in [0.15, 0.2) is 0 Å². The second-order valence-electron chi connectivity index (χ2n) is 9.01. The van der Waals surface area contributed by atoms with Gasteiger partial charge >= 0.3 is 12.3 Å². The van der Waals surface area contributed by atoms with Crippen LogP contribution in [-0.4, -0.2) is 85.5 Å². The largest absolute Gasteiger partial charge is 0.508 e. The molecule has 0 aromatic heterocycles. The highest BCUT2D eigenvalue weighted by atomic mass is 17.0. The fraction of sp³-hybridized carbons (Fsp3) is 0.895. The van der Waals surface area contributed by atoms with Gasteiger partial charge in [0.1, 0.15) is 24.9 Å². The molecule has 0 aromatic rings. The molecule has 0 aromatic carbocycles. The van der Waals surface area contributed by atoms with Crippen molar-refractivity contribution in [2.75, 3.05) is 26.4 Å². The first-order valence-corrected chi connectivity index (χ1v) is 10.9. The molecule has 2 aliphatic rings. The molecule has 2 saturated heterocycles. The molecule has 1 unspecified atom stereocenters. The van der Waals surface area contributed by atoms with E-state index in [1.807, 2.05) is 0 Å². The number of hydrogen-bond acceptors (Lipinski definition) is 14. The van der Waals surface area contributed by atoms with E-state index < -0.39 is 65.0 Å².